The predicted molar refractivity (Wildman–Crippen MR) is 69.4 cm³/mol. The number of hydrogen-bond donors (Lipinski definition) is 5. The van der Waals surface area contributed by atoms with Gasteiger partial charge in [0, 0.05) is 0 Å². The van der Waals surface area contributed by atoms with Crippen molar-refractivity contribution in [2.45, 2.75) is 0 Å². The van der Waals surface area contributed by atoms with Crippen LogP contribution in [0.4, 0.5) is 0 Å². The van der Waals surface area contributed by atoms with Gasteiger partial charge in [0.25, 0.3) is 0 Å². The first kappa shape index (κ1) is 45.9. The van der Waals surface area contributed by atoms with E-state index in [4.69, 9.17) is 64.9 Å². The van der Waals surface area contributed by atoms with Crippen LogP contribution in [0, 0.1) is 0 Å². The van der Waals surface area contributed by atoms with Crippen molar-refractivity contribution in [3.8, 4) is 0 Å². The second kappa shape index (κ2) is 18.4. The van der Waals surface area contributed by atoms with E-state index < -0.39 is 51.5 Å². The third-order valence-electron chi connectivity index (χ3n) is 0. The molecule has 0 spiro atoms. The van der Waals surface area contributed by atoms with Crippen molar-refractivity contribution in [1.29, 1.82) is 0 Å². The zero-order valence-corrected chi connectivity index (χ0v) is 18.0. The molecule has 0 atom stereocenters. The minimum Gasteiger partial charge on any atom is -0.736 e. The Bertz CT molecular complexity index is 635. The predicted octanol–water partition coefficient (Wildman–Crippen LogP) is -7.98. The molecule has 0 aromatic carbocycles. The Morgan fingerprint density at radius 2 is 0.370 bits per heavy atom. The minimum atomic E-state index is -4.42. The fraction of sp³-hybridized carbons (Fsp3) is 0. The molecule has 0 bridgehead atoms. The van der Waals surface area contributed by atoms with Crippen LogP contribution in [0.25, 0.3) is 0 Å². The molecule has 0 saturated heterocycles. The van der Waals surface area contributed by atoms with Gasteiger partial charge in [0.2, 0.25) is 0 Å². The quantitative estimate of drug-likeness (QED) is 0.129. The van der Waals surface area contributed by atoms with Crippen LogP contribution in [0.3, 0.4) is 0 Å². The SMILES string of the molecule is NS(=O)(=O)[O-].NS(=O)(=O)[O-].NS(=O)(=O)[O-].NS(=O)(=O)[O-].NS(=O)(=O)[O-].[Fe+2].[Fe+3]. The molecule has 0 aliphatic carbocycles. The molecule has 0 fully saturated rings. The zero-order valence-electron chi connectivity index (χ0n) is 11.8. The van der Waals surface area contributed by atoms with Crippen molar-refractivity contribution < 1.29 is 99.0 Å². The number of nitrogens with two attached hydrogens (primary N) is 5. The van der Waals surface area contributed by atoms with Gasteiger partial charge in [-0.2, -0.15) is 0 Å². The molecule has 0 heterocycles. The maximum Gasteiger partial charge on any atom is 3.00 e. The van der Waals surface area contributed by atoms with Gasteiger partial charge < -0.3 is 22.8 Å². The molecule has 0 aliphatic rings. The smallest absolute Gasteiger partial charge is 0.736 e. The molecule has 0 unspecified atom stereocenters. The van der Waals surface area contributed by atoms with Crippen molar-refractivity contribution >= 4 is 51.5 Å². The normalized spacial score (nSPS) is 10.7. The zero-order chi connectivity index (χ0) is 22.5. The van der Waals surface area contributed by atoms with Crippen LogP contribution in [0.15, 0.2) is 0 Å². The fourth-order valence-electron chi connectivity index (χ4n) is 0. The van der Waals surface area contributed by atoms with E-state index in [-0.39, 0.29) is 34.1 Å². The summed E-state index contributed by atoms with van der Waals surface area (Å²) in [5.41, 5.74) is 0. The summed E-state index contributed by atoms with van der Waals surface area (Å²) in [6, 6.07) is 0. The molecule has 1 radical (unpaired) electrons. The molecule has 0 saturated carbocycles. The largest absolute Gasteiger partial charge is 3.00 e. The number of hydrogen-bond acceptors (Lipinski definition) is 15. The molecule has 27 heavy (non-hydrogen) atoms. The van der Waals surface area contributed by atoms with Crippen LogP contribution < -0.4 is 25.7 Å². The fourth-order valence-corrected chi connectivity index (χ4v) is 0. The van der Waals surface area contributed by atoms with E-state index in [2.05, 4.69) is 25.7 Å². The van der Waals surface area contributed by atoms with Crippen LogP contribution in [0.2, 0.25) is 0 Å². The molecule has 27 heteroatoms. The first-order valence-corrected chi connectivity index (χ1v) is 11.0. The molecule has 0 aromatic rings. The van der Waals surface area contributed by atoms with Gasteiger partial charge >= 0.3 is 34.1 Å². The average Bonchev–Trinajstić information content (AvgIpc) is 1.79. The van der Waals surface area contributed by atoms with Crippen LogP contribution in [-0.2, 0) is 85.7 Å². The third kappa shape index (κ3) is 104000. The van der Waals surface area contributed by atoms with Crippen LogP contribution >= 0.6 is 0 Å². The molecule has 0 rings (SSSR count). The van der Waals surface area contributed by atoms with Crippen LogP contribution in [0.1, 0.15) is 0 Å². The van der Waals surface area contributed by atoms with Gasteiger partial charge in [-0.15, -0.1) is 0 Å². The van der Waals surface area contributed by atoms with E-state index in [0.717, 1.165) is 0 Å². The van der Waals surface area contributed by atoms with E-state index in [9.17, 15) is 0 Å². The maximum atomic E-state index is 8.85. The van der Waals surface area contributed by atoms with E-state index in [0.29, 0.717) is 0 Å². The Morgan fingerprint density at radius 1 is 0.370 bits per heavy atom. The standard InChI is InChI=1S/2Fe.5H3NO3S/c;;5*1-5(2,3)4/h;;5*(H3,1,2,3,4)/q+2;+3;;;;;/p-5. The Hall–Kier alpha value is 0.389. The summed E-state index contributed by atoms with van der Waals surface area (Å²) in [7, 11) is -22.1. The monoisotopic (exact) mass is 592 g/mol. The average molecular weight is 592 g/mol. The topological polar surface area (TPSA) is 416 Å². The summed E-state index contributed by atoms with van der Waals surface area (Å²) in [5, 5.41) is 18.9. The van der Waals surface area contributed by atoms with Gasteiger partial charge in [-0.05, 0) is 0 Å². The molecule has 10 N–H and O–H groups in total. The molecular weight excluding hydrogens is 582 g/mol. The third-order valence-corrected chi connectivity index (χ3v) is 0. The van der Waals surface area contributed by atoms with Gasteiger partial charge in [0.05, 0.1) is 0 Å². The first-order valence-electron chi connectivity index (χ1n) is 3.68. The summed E-state index contributed by atoms with van der Waals surface area (Å²) in [4.78, 5) is 0. The second-order valence-corrected chi connectivity index (χ2v) is 7.39. The summed E-state index contributed by atoms with van der Waals surface area (Å²) in [6.45, 7) is 0. The van der Waals surface area contributed by atoms with E-state index in [1.807, 2.05) is 0 Å². The van der Waals surface area contributed by atoms with Crippen molar-refractivity contribution in [1.82, 2.24) is 0 Å². The molecule has 20 nitrogen and oxygen atoms in total. The maximum absolute atomic E-state index is 8.85. The van der Waals surface area contributed by atoms with Crippen molar-refractivity contribution in [2.24, 2.45) is 25.7 Å². The summed E-state index contributed by atoms with van der Waals surface area (Å²) in [6.07, 6.45) is 0. The summed E-state index contributed by atoms with van der Waals surface area (Å²) in [5.74, 6) is 0. The summed E-state index contributed by atoms with van der Waals surface area (Å²) >= 11 is 0. The Balaban J connectivity index is -0.0000000364. The van der Waals surface area contributed by atoms with Gasteiger partial charge in [-0.25, -0.2) is 67.8 Å². The Kier molecular flexibility index (Phi) is 31.3. The minimum absolute atomic E-state index is 0. The van der Waals surface area contributed by atoms with Crippen LogP contribution in [-0.4, -0.2) is 64.9 Å². The van der Waals surface area contributed by atoms with Gasteiger partial charge in [0.1, 0.15) is 0 Å². The number of rotatable bonds is 0. The molecular formula is H10Fe2N5O15S5. The Labute approximate surface area is 175 Å². The molecule has 171 valence electrons. The second-order valence-electron chi connectivity index (χ2n) is 2.46. The molecule has 0 aliphatic heterocycles. The molecule has 0 amide bonds. The van der Waals surface area contributed by atoms with Gasteiger partial charge in [-0.1, -0.05) is 0 Å². The van der Waals surface area contributed by atoms with Crippen molar-refractivity contribution in [3.05, 3.63) is 0 Å². The van der Waals surface area contributed by atoms with Crippen molar-refractivity contribution in [3.63, 3.8) is 0 Å². The van der Waals surface area contributed by atoms with Gasteiger partial charge in [-0.3, -0.25) is 0 Å². The van der Waals surface area contributed by atoms with Gasteiger partial charge in [0.15, 0.2) is 51.5 Å². The van der Waals surface area contributed by atoms with Crippen LogP contribution in [0.5, 0.6) is 0 Å². The Morgan fingerprint density at radius 3 is 0.370 bits per heavy atom. The first-order chi connectivity index (χ1) is 10.0. The summed E-state index contributed by atoms with van der Waals surface area (Å²) < 4.78 is 133. The molecule has 0 aromatic heterocycles. The van der Waals surface area contributed by atoms with Crippen molar-refractivity contribution in [2.75, 3.05) is 0 Å². The van der Waals surface area contributed by atoms with E-state index in [1.54, 1.807) is 0 Å². The van der Waals surface area contributed by atoms with E-state index in [1.165, 1.54) is 0 Å². The van der Waals surface area contributed by atoms with E-state index >= 15 is 0 Å².